The number of aromatic nitrogens is 3. The van der Waals surface area contributed by atoms with Crippen LogP contribution < -0.4 is 9.47 Å². The van der Waals surface area contributed by atoms with Crippen LogP contribution in [0.3, 0.4) is 0 Å². The summed E-state index contributed by atoms with van der Waals surface area (Å²) in [4.78, 5) is 12.9. The lowest BCUT2D eigenvalue weighted by atomic mass is 10.1. The number of pyridine rings is 1. The summed E-state index contributed by atoms with van der Waals surface area (Å²) in [5, 5.41) is 8.59. The average molecular weight is 465 g/mol. The maximum atomic E-state index is 12.8. The number of thioether (sulfide) groups is 1. The first-order chi connectivity index (χ1) is 14.8. The van der Waals surface area contributed by atoms with E-state index in [1.807, 2.05) is 0 Å². The number of hydrogen-bond donors (Lipinski definition) is 0. The van der Waals surface area contributed by atoms with Crippen LogP contribution in [0.2, 0.25) is 0 Å². The van der Waals surface area contributed by atoms with Gasteiger partial charge in [-0.05, 0) is 30.3 Å². The highest BCUT2D eigenvalue weighted by atomic mass is 32.2. The standard InChI is InChI=1S/C20H24N4O5S2/c1-5-23(6-2)31(26,27)15-8-10-19-21-22-20(24(19)12-15)30-13-17(25)16-11-14(28-3)7-9-18(16)29-4/h7-12H,5-6,13H2,1-4H3. The molecule has 0 saturated carbocycles. The van der Waals surface area contributed by atoms with Gasteiger partial charge in [-0.3, -0.25) is 9.20 Å². The van der Waals surface area contributed by atoms with Crippen LogP contribution in [0.15, 0.2) is 46.6 Å². The molecule has 31 heavy (non-hydrogen) atoms. The van der Waals surface area contributed by atoms with E-state index in [9.17, 15) is 13.2 Å². The molecule has 0 saturated heterocycles. The summed E-state index contributed by atoms with van der Waals surface area (Å²) in [6.07, 6.45) is 1.49. The van der Waals surface area contributed by atoms with Crippen molar-refractivity contribution in [3.63, 3.8) is 0 Å². The number of ketones is 1. The highest BCUT2D eigenvalue weighted by molar-refractivity contribution is 7.99. The third-order valence-corrected chi connectivity index (χ3v) is 7.70. The van der Waals surface area contributed by atoms with E-state index in [0.29, 0.717) is 41.0 Å². The molecule has 0 spiro atoms. The van der Waals surface area contributed by atoms with Crippen molar-refractivity contribution in [2.24, 2.45) is 0 Å². The van der Waals surface area contributed by atoms with Crippen molar-refractivity contribution >= 4 is 33.2 Å². The number of carbonyl (C=O) groups excluding carboxylic acids is 1. The summed E-state index contributed by atoms with van der Waals surface area (Å²) in [5.74, 6) is 0.889. The molecule has 2 aromatic heterocycles. The SMILES string of the molecule is CCN(CC)S(=O)(=O)c1ccc2nnc(SCC(=O)c3cc(OC)ccc3OC)n2c1. The largest absolute Gasteiger partial charge is 0.497 e. The summed E-state index contributed by atoms with van der Waals surface area (Å²) in [6, 6.07) is 8.12. The first-order valence-corrected chi connectivity index (χ1v) is 12.0. The molecule has 0 aliphatic rings. The van der Waals surface area contributed by atoms with Crippen LogP contribution in [0.5, 0.6) is 11.5 Å². The lowest BCUT2D eigenvalue weighted by molar-refractivity contribution is 0.101. The van der Waals surface area contributed by atoms with E-state index in [1.54, 1.807) is 42.5 Å². The van der Waals surface area contributed by atoms with E-state index in [0.717, 1.165) is 0 Å². The molecule has 166 valence electrons. The van der Waals surface area contributed by atoms with Crippen LogP contribution in [0.4, 0.5) is 0 Å². The van der Waals surface area contributed by atoms with Crippen molar-refractivity contribution in [3.8, 4) is 11.5 Å². The number of methoxy groups -OCH3 is 2. The van der Waals surface area contributed by atoms with Gasteiger partial charge in [-0.1, -0.05) is 25.6 Å². The lowest BCUT2D eigenvalue weighted by Crippen LogP contribution is -2.30. The zero-order valence-corrected chi connectivity index (χ0v) is 19.4. The van der Waals surface area contributed by atoms with Crippen molar-refractivity contribution in [2.75, 3.05) is 33.1 Å². The van der Waals surface area contributed by atoms with Gasteiger partial charge in [-0.15, -0.1) is 10.2 Å². The number of carbonyl (C=O) groups is 1. The number of benzene rings is 1. The molecule has 1 aromatic carbocycles. The summed E-state index contributed by atoms with van der Waals surface area (Å²) >= 11 is 1.17. The first kappa shape index (κ1) is 23.0. The van der Waals surface area contributed by atoms with E-state index in [1.165, 1.54) is 42.5 Å². The van der Waals surface area contributed by atoms with E-state index in [4.69, 9.17) is 9.47 Å². The Balaban J connectivity index is 1.87. The molecule has 0 radical (unpaired) electrons. The molecule has 3 rings (SSSR count). The van der Waals surface area contributed by atoms with E-state index < -0.39 is 10.0 Å². The predicted molar refractivity (Wildman–Crippen MR) is 118 cm³/mol. The van der Waals surface area contributed by atoms with Crippen LogP contribution in [0.1, 0.15) is 24.2 Å². The molecule has 3 aromatic rings. The number of sulfonamides is 1. The molecular weight excluding hydrogens is 440 g/mol. The zero-order valence-electron chi connectivity index (χ0n) is 17.7. The van der Waals surface area contributed by atoms with Gasteiger partial charge in [-0.2, -0.15) is 4.31 Å². The Morgan fingerprint density at radius 1 is 1.10 bits per heavy atom. The van der Waals surface area contributed by atoms with Crippen molar-refractivity contribution in [1.29, 1.82) is 0 Å². The fourth-order valence-electron chi connectivity index (χ4n) is 3.05. The summed E-state index contributed by atoms with van der Waals surface area (Å²) in [5.41, 5.74) is 0.889. The third-order valence-electron chi connectivity index (χ3n) is 4.73. The Morgan fingerprint density at radius 3 is 2.48 bits per heavy atom. The number of fused-ring (bicyclic) bond motifs is 1. The molecule has 9 nitrogen and oxygen atoms in total. The van der Waals surface area contributed by atoms with Crippen LogP contribution >= 0.6 is 11.8 Å². The molecule has 11 heteroatoms. The molecule has 0 bridgehead atoms. The molecule has 0 unspecified atom stereocenters. The number of nitrogens with zero attached hydrogens (tertiary/aromatic N) is 4. The number of rotatable bonds is 10. The Morgan fingerprint density at radius 2 is 1.84 bits per heavy atom. The van der Waals surface area contributed by atoms with Gasteiger partial charge in [0, 0.05) is 19.3 Å². The minimum atomic E-state index is -3.63. The fourth-order valence-corrected chi connectivity index (χ4v) is 5.31. The molecule has 0 amide bonds. The molecule has 0 fully saturated rings. The molecule has 2 heterocycles. The zero-order chi connectivity index (χ0) is 22.6. The Kier molecular flexibility index (Phi) is 7.19. The van der Waals surface area contributed by atoms with E-state index in [-0.39, 0.29) is 16.4 Å². The van der Waals surface area contributed by atoms with Gasteiger partial charge in [0.25, 0.3) is 0 Å². The second kappa shape index (κ2) is 9.67. The number of hydrogen-bond acceptors (Lipinski definition) is 8. The van der Waals surface area contributed by atoms with Gasteiger partial charge in [0.1, 0.15) is 11.5 Å². The van der Waals surface area contributed by atoms with Crippen molar-refractivity contribution in [2.45, 2.75) is 23.9 Å². The van der Waals surface area contributed by atoms with E-state index >= 15 is 0 Å². The summed E-state index contributed by atoms with van der Waals surface area (Å²) in [7, 11) is -0.608. The summed E-state index contributed by atoms with van der Waals surface area (Å²) < 4.78 is 39.1. The lowest BCUT2D eigenvalue weighted by Gasteiger charge is -2.18. The van der Waals surface area contributed by atoms with Crippen molar-refractivity contribution in [3.05, 3.63) is 42.1 Å². The van der Waals surface area contributed by atoms with Crippen LogP contribution in [0, 0.1) is 0 Å². The van der Waals surface area contributed by atoms with Gasteiger partial charge in [0.05, 0.1) is 30.4 Å². The minimum Gasteiger partial charge on any atom is -0.497 e. The van der Waals surface area contributed by atoms with Gasteiger partial charge >= 0.3 is 0 Å². The Bertz CT molecular complexity index is 1190. The molecule has 0 N–H and O–H groups in total. The van der Waals surface area contributed by atoms with Crippen molar-refractivity contribution < 1.29 is 22.7 Å². The predicted octanol–water partition coefficient (Wildman–Crippen LogP) is 2.75. The summed E-state index contributed by atoms with van der Waals surface area (Å²) in [6.45, 7) is 4.32. The Labute approximate surface area is 185 Å². The molecule has 0 aliphatic heterocycles. The molecule has 0 aliphatic carbocycles. The third kappa shape index (κ3) is 4.68. The Hall–Kier alpha value is -2.63. The minimum absolute atomic E-state index is 0.0668. The molecular formula is C20H24N4O5S2. The van der Waals surface area contributed by atoms with Gasteiger partial charge < -0.3 is 9.47 Å². The second-order valence-electron chi connectivity index (χ2n) is 6.44. The average Bonchev–Trinajstić information content (AvgIpc) is 3.19. The topological polar surface area (TPSA) is 103 Å². The van der Waals surface area contributed by atoms with Crippen molar-refractivity contribution in [1.82, 2.24) is 18.9 Å². The number of ether oxygens (including phenoxy) is 2. The normalized spacial score (nSPS) is 11.8. The fraction of sp³-hybridized carbons (Fsp3) is 0.350. The molecule has 0 atom stereocenters. The van der Waals surface area contributed by atoms with Gasteiger partial charge in [0.2, 0.25) is 10.0 Å². The smallest absolute Gasteiger partial charge is 0.244 e. The van der Waals surface area contributed by atoms with Crippen LogP contribution in [-0.2, 0) is 10.0 Å². The van der Waals surface area contributed by atoms with Gasteiger partial charge in [0.15, 0.2) is 16.6 Å². The van der Waals surface area contributed by atoms with E-state index in [2.05, 4.69) is 10.2 Å². The maximum absolute atomic E-state index is 12.8. The highest BCUT2D eigenvalue weighted by Gasteiger charge is 2.23. The first-order valence-electron chi connectivity index (χ1n) is 9.58. The number of Topliss-reactive ketones (excluding diaryl/α,β-unsaturated/α-hetero) is 1. The van der Waals surface area contributed by atoms with Gasteiger partial charge in [-0.25, -0.2) is 8.42 Å². The monoisotopic (exact) mass is 464 g/mol. The quantitative estimate of drug-likeness (QED) is 0.333. The maximum Gasteiger partial charge on any atom is 0.244 e. The second-order valence-corrected chi connectivity index (χ2v) is 9.32. The highest BCUT2D eigenvalue weighted by Crippen LogP contribution is 2.27. The van der Waals surface area contributed by atoms with Crippen LogP contribution in [-0.4, -0.2) is 66.2 Å². The van der Waals surface area contributed by atoms with Crippen LogP contribution in [0.25, 0.3) is 5.65 Å².